The van der Waals surface area contributed by atoms with Gasteiger partial charge in [-0.3, -0.25) is 4.99 Å². The number of likely N-dealkylation sites (tertiary alicyclic amines) is 1. The molecular formula is C21H36N4O2. The number of methoxy groups -OCH3 is 1. The normalized spacial score (nSPS) is 17.7. The molecule has 1 aromatic carbocycles. The third-order valence-electron chi connectivity index (χ3n) is 4.88. The fourth-order valence-electron chi connectivity index (χ4n) is 3.41. The Morgan fingerprint density at radius 2 is 2.11 bits per heavy atom. The van der Waals surface area contributed by atoms with Gasteiger partial charge in [-0.1, -0.05) is 30.3 Å². The number of aliphatic imine (C=N–C) groups is 1. The van der Waals surface area contributed by atoms with Gasteiger partial charge < -0.3 is 24.6 Å². The van der Waals surface area contributed by atoms with E-state index in [0.29, 0.717) is 19.1 Å². The predicted molar refractivity (Wildman–Crippen MR) is 111 cm³/mol. The minimum Gasteiger partial charge on any atom is -0.382 e. The first kappa shape index (κ1) is 21.7. The Morgan fingerprint density at radius 1 is 1.30 bits per heavy atom. The highest BCUT2D eigenvalue weighted by Crippen LogP contribution is 2.16. The van der Waals surface area contributed by atoms with Gasteiger partial charge in [0.25, 0.3) is 0 Å². The van der Waals surface area contributed by atoms with E-state index in [1.807, 2.05) is 7.05 Å². The summed E-state index contributed by atoms with van der Waals surface area (Å²) in [6, 6.07) is 10.6. The summed E-state index contributed by atoms with van der Waals surface area (Å²) in [6.45, 7) is 7.21. The number of nitrogens with one attached hydrogen (secondary N) is 1. The molecule has 6 nitrogen and oxygen atoms in total. The van der Waals surface area contributed by atoms with E-state index in [-0.39, 0.29) is 0 Å². The largest absolute Gasteiger partial charge is 0.382 e. The van der Waals surface area contributed by atoms with Crippen molar-refractivity contribution in [2.45, 2.75) is 19.4 Å². The monoisotopic (exact) mass is 376 g/mol. The zero-order chi connectivity index (χ0) is 19.3. The van der Waals surface area contributed by atoms with Crippen molar-refractivity contribution in [2.75, 3.05) is 67.2 Å². The van der Waals surface area contributed by atoms with Crippen LogP contribution in [-0.4, -0.2) is 83.0 Å². The van der Waals surface area contributed by atoms with Gasteiger partial charge in [-0.2, -0.15) is 0 Å². The van der Waals surface area contributed by atoms with Crippen LogP contribution in [0.2, 0.25) is 0 Å². The highest BCUT2D eigenvalue weighted by molar-refractivity contribution is 5.80. The molecule has 0 aliphatic carbocycles. The van der Waals surface area contributed by atoms with Gasteiger partial charge in [0.1, 0.15) is 0 Å². The summed E-state index contributed by atoms with van der Waals surface area (Å²) in [5.41, 5.74) is 1.36. The Bertz CT molecular complexity index is 538. The molecule has 0 spiro atoms. The molecular weight excluding hydrogens is 340 g/mol. The smallest absolute Gasteiger partial charge is 0.193 e. The van der Waals surface area contributed by atoms with Crippen LogP contribution in [0.4, 0.5) is 0 Å². The first-order valence-corrected chi connectivity index (χ1v) is 9.97. The lowest BCUT2D eigenvalue weighted by Crippen LogP contribution is -2.41. The van der Waals surface area contributed by atoms with Crippen molar-refractivity contribution in [3.63, 3.8) is 0 Å². The highest BCUT2D eigenvalue weighted by atomic mass is 16.5. The Morgan fingerprint density at radius 3 is 2.85 bits per heavy atom. The summed E-state index contributed by atoms with van der Waals surface area (Å²) < 4.78 is 10.7. The standard InChI is InChI=1S/C21H36N4O2/c1-22-21(25-13-10-20(17-25)18-27-15-14-26-3)23-11-7-12-24(2)16-19-8-5-4-6-9-19/h4-6,8-9,20H,7,10-18H2,1-3H3,(H,22,23). The molecule has 27 heavy (non-hydrogen) atoms. The van der Waals surface area contributed by atoms with Gasteiger partial charge in [0.05, 0.1) is 19.8 Å². The van der Waals surface area contributed by atoms with Gasteiger partial charge in [-0.05, 0) is 32.0 Å². The van der Waals surface area contributed by atoms with Crippen LogP contribution in [0.5, 0.6) is 0 Å². The van der Waals surface area contributed by atoms with E-state index >= 15 is 0 Å². The molecule has 0 amide bonds. The first-order valence-electron chi connectivity index (χ1n) is 9.97. The van der Waals surface area contributed by atoms with E-state index in [4.69, 9.17) is 9.47 Å². The summed E-state index contributed by atoms with van der Waals surface area (Å²) in [6.07, 6.45) is 2.26. The minimum atomic E-state index is 0.581. The van der Waals surface area contributed by atoms with E-state index in [2.05, 4.69) is 57.5 Å². The lowest BCUT2D eigenvalue weighted by Gasteiger charge is -2.22. The maximum absolute atomic E-state index is 5.68. The zero-order valence-electron chi connectivity index (χ0n) is 17.2. The lowest BCUT2D eigenvalue weighted by atomic mass is 10.1. The van der Waals surface area contributed by atoms with Gasteiger partial charge >= 0.3 is 0 Å². The molecule has 1 unspecified atom stereocenters. The van der Waals surface area contributed by atoms with Crippen LogP contribution in [0.1, 0.15) is 18.4 Å². The highest BCUT2D eigenvalue weighted by Gasteiger charge is 2.24. The summed E-state index contributed by atoms with van der Waals surface area (Å²) in [5, 5.41) is 3.52. The van der Waals surface area contributed by atoms with E-state index in [1.165, 1.54) is 5.56 Å². The van der Waals surface area contributed by atoms with Crippen molar-refractivity contribution in [2.24, 2.45) is 10.9 Å². The molecule has 1 aromatic rings. The molecule has 0 bridgehead atoms. The molecule has 2 rings (SSSR count). The second-order valence-electron chi connectivity index (χ2n) is 7.22. The molecule has 1 heterocycles. The molecule has 1 atom stereocenters. The van der Waals surface area contributed by atoms with Crippen molar-refractivity contribution < 1.29 is 9.47 Å². The van der Waals surface area contributed by atoms with Crippen molar-refractivity contribution in [3.05, 3.63) is 35.9 Å². The molecule has 0 aromatic heterocycles. The topological polar surface area (TPSA) is 49.3 Å². The number of hydrogen-bond donors (Lipinski definition) is 1. The van der Waals surface area contributed by atoms with Crippen molar-refractivity contribution in [1.82, 2.24) is 15.1 Å². The average Bonchev–Trinajstić information content (AvgIpc) is 3.15. The van der Waals surface area contributed by atoms with E-state index in [9.17, 15) is 0 Å². The molecule has 0 saturated carbocycles. The van der Waals surface area contributed by atoms with Gasteiger partial charge in [0.15, 0.2) is 5.96 Å². The summed E-state index contributed by atoms with van der Waals surface area (Å²) in [5.74, 6) is 1.59. The summed E-state index contributed by atoms with van der Waals surface area (Å²) in [4.78, 5) is 9.17. The number of nitrogens with zero attached hydrogens (tertiary/aromatic N) is 3. The van der Waals surface area contributed by atoms with Gasteiger partial charge in [-0.25, -0.2) is 0 Å². The first-order chi connectivity index (χ1) is 13.2. The lowest BCUT2D eigenvalue weighted by molar-refractivity contribution is 0.0536. The zero-order valence-corrected chi connectivity index (χ0v) is 17.2. The molecule has 1 fully saturated rings. The summed E-state index contributed by atoms with van der Waals surface area (Å²) in [7, 11) is 5.75. The number of guanidine groups is 1. The number of benzene rings is 1. The van der Waals surface area contributed by atoms with E-state index in [0.717, 1.165) is 58.1 Å². The van der Waals surface area contributed by atoms with Crippen LogP contribution in [0.3, 0.4) is 0 Å². The van der Waals surface area contributed by atoms with Crippen LogP contribution in [0.15, 0.2) is 35.3 Å². The van der Waals surface area contributed by atoms with Crippen LogP contribution in [0.25, 0.3) is 0 Å². The Kier molecular flexibility index (Phi) is 10.2. The quantitative estimate of drug-likeness (QED) is 0.364. The molecule has 1 aliphatic rings. The molecule has 1 aliphatic heterocycles. The predicted octanol–water partition coefficient (Wildman–Crippen LogP) is 2.07. The average molecular weight is 377 g/mol. The van der Waals surface area contributed by atoms with Crippen LogP contribution in [0, 0.1) is 5.92 Å². The van der Waals surface area contributed by atoms with Gasteiger partial charge in [-0.15, -0.1) is 0 Å². The van der Waals surface area contributed by atoms with Crippen molar-refractivity contribution in [1.29, 1.82) is 0 Å². The number of rotatable bonds is 11. The molecule has 6 heteroatoms. The maximum Gasteiger partial charge on any atom is 0.193 e. The molecule has 1 saturated heterocycles. The SMILES string of the molecule is CN=C(NCCCN(C)Cc1ccccc1)N1CCC(COCCOC)C1. The minimum absolute atomic E-state index is 0.581. The molecule has 1 N–H and O–H groups in total. The van der Waals surface area contributed by atoms with Crippen LogP contribution in [-0.2, 0) is 16.0 Å². The maximum atomic E-state index is 5.68. The molecule has 152 valence electrons. The van der Waals surface area contributed by atoms with Crippen LogP contribution >= 0.6 is 0 Å². The van der Waals surface area contributed by atoms with Crippen molar-refractivity contribution in [3.8, 4) is 0 Å². The third kappa shape index (κ3) is 8.28. The Hall–Kier alpha value is -1.63. The molecule has 0 radical (unpaired) electrons. The van der Waals surface area contributed by atoms with Crippen LogP contribution < -0.4 is 5.32 Å². The number of ether oxygens (including phenoxy) is 2. The van der Waals surface area contributed by atoms with Gasteiger partial charge in [0.2, 0.25) is 0 Å². The van der Waals surface area contributed by atoms with Crippen molar-refractivity contribution >= 4 is 5.96 Å². The van der Waals surface area contributed by atoms with E-state index in [1.54, 1.807) is 7.11 Å². The van der Waals surface area contributed by atoms with E-state index < -0.39 is 0 Å². The fraction of sp³-hybridized carbons (Fsp3) is 0.667. The number of hydrogen-bond acceptors (Lipinski definition) is 4. The summed E-state index contributed by atoms with van der Waals surface area (Å²) >= 11 is 0. The third-order valence-corrected chi connectivity index (χ3v) is 4.88. The second kappa shape index (κ2) is 12.7. The fourth-order valence-corrected chi connectivity index (χ4v) is 3.41. The second-order valence-corrected chi connectivity index (χ2v) is 7.22. The Labute approximate surface area is 164 Å². The Balaban J connectivity index is 1.60. The van der Waals surface area contributed by atoms with Gasteiger partial charge in [0, 0.05) is 46.3 Å².